The van der Waals surface area contributed by atoms with Crippen molar-refractivity contribution in [1.29, 1.82) is 0 Å². The molecular weight excluding hydrogens is 234 g/mol. The first kappa shape index (κ1) is 17.0. The van der Waals surface area contributed by atoms with Crippen LogP contribution in [0.4, 0.5) is 0 Å². The maximum absolute atomic E-state index is 10.1. The minimum Gasteiger partial charge on any atom is -0.392 e. The van der Waals surface area contributed by atoms with Gasteiger partial charge in [0.1, 0.15) is 0 Å². The van der Waals surface area contributed by atoms with E-state index in [1.54, 1.807) is 0 Å². The van der Waals surface area contributed by atoms with Crippen LogP contribution in [0.1, 0.15) is 73.6 Å². The summed E-state index contributed by atoms with van der Waals surface area (Å²) in [6.07, 6.45) is 5.94. The highest BCUT2D eigenvalue weighted by Gasteiger charge is 2.34. The summed E-state index contributed by atoms with van der Waals surface area (Å²) in [4.78, 5) is 0. The van der Waals surface area contributed by atoms with Gasteiger partial charge in [0.05, 0.1) is 6.10 Å². The Morgan fingerprint density at radius 1 is 1.05 bits per heavy atom. The molecule has 0 aromatic heterocycles. The highest BCUT2D eigenvalue weighted by atomic mass is 16.3. The van der Waals surface area contributed by atoms with Crippen LogP contribution >= 0.6 is 0 Å². The van der Waals surface area contributed by atoms with E-state index < -0.39 is 0 Å². The number of aliphatic hydroxyl groups excluding tert-OH is 1. The molecule has 0 amide bonds. The Morgan fingerprint density at radius 3 is 2.16 bits per heavy atom. The summed E-state index contributed by atoms with van der Waals surface area (Å²) in [6.45, 7) is 14.4. The summed E-state index contributed by atoms with van der Waals surface area (Å²) >= 11 is 0. The maximum Gasteiger partial charge on any atom is 0.0669 e. The molecule has 2 nitrogen and oxygen atoms in total. The topological polar surface area (TPSA) is 32.3 Å². The molecule has 19 heavy (non-hydrogen) atoms. The molecule has 1 rings (SSSR count). The standard InChI is InChI=1S/C17H35NO/c1-16(2,3)11-13(19)12-18-15-10-8-7-9-14(15)17(4,5)6/h13-15,18-19H,7-12H2,1-6H3. The number of aliphatic hydroxyl groups is 1. The van der Waals surface area contributed by atoms with Crippen LogP contribution in [0, 0.1) is 16.7 Å². The predicted octanol–water partition coefficient (Wildman–Crippen LogP) is 3.98. The molecule has 3 atom stereocenters. The van der Waals surface area contributed by atoms with Crippen molar-refractivity contribution in [2.45, 2.75) is 85.8 Å². The van der Waals surface area contributed by atoms with E-state index >= 15 is 0 Å². The molecule has 114 valence electrons. The van der Waals surface area contributed by atoms with Gasteiger partial charge in [0.2, 0.25) is 0 Å². The van der Waals surface area contributed by atoms with Crippen LogP contribution in [0.25, 0.3) is 0 Å². The Kier molecular flexibility index (Phi) is 5.88. The van der Waals surface area contributed by atoms with Gasteiger partial charge in [0.15, 0.2) is 0 Å². The van der Waals surface area contributed by atoms with Crippen molar-refractivity contribution in [3.63, 3.8) is 0 Å². The summed E-state index contributed by atoms with van der Waals surface area (Å²) in [7, 11) is 0. The first-order valence-corrected chi connectivity index (χ1v) is 8.01. The van der Waals surface area contributed by atoms with Gasteiger partial charge >= 0.3 is 0 Å². The molecule has 2 N–H and O–H groups in total. The Bertz CT molecular complexity index is 261. The molecule has 1 saturated carbocycles. The number of rotatable bonds is 4. The van der Waals surface area contributed by atoms with E-state index in [1.807, 2.05) is 0 Å². The highest BCUT2D eigenvalue weighted by molar-refractivity contribution is 4.88. The lowest BCUT2D eigenvalue weighted by Gasteiger charge is -2.41. The molecule has 0 aromatic rings. The van der Waals surface area contributed by atoms with Gasteiger partial charge in [-0.2, -0.15) is 0 Å². The molecule has 0 aliphatic heterocycles. The van der Waals surface area contributed by atoms with Crippen molar-refractivity contribution in [2.24, 2.45) is 16.7 Å². The van der Waals surface area contributed by atoms with Crippen LogP contribution < -0.4 is 5.32 Å². The summed E-state index contributed by atoms with van der Waals surface area (Å²) in [5.74, 6) is 0.739. The van der Waals surface area contributed by atoms with E-state index in [9.17, 15) is 5.11 Å². The van der Waals surface area contributed by atoms with Gasteiger partial charge in [-0.05, 0) is 36.0 Å². The van der Waals surface area contributed by atoms with Crippen molar-refractivity contribution in [3.8, 4) is 0 Å². The lowest BCUT2D eigenvalue weighted by Crippen LogP contribution is -2.46. The molecule has 0 saturated heterocycles. The van der Waals surface area contributed by atoms with Crippen LogP contribution in [-0.2, 0) is 0 Å². The van der Waals surface area contributed by atoms with Crippen molar-refractivity contribution in [1.82, 2.24) is 5.32 Å². The van der Waals surface area contributed by atoms with Gasteiger partial charge in [0, 0.05) is 12.6 Å². The Balaban J connectivity index is 2.45. The normalized spacial score (nSPS) is 27.3. The van der Waals surface area contributed by atoms with E-state index in [0.717, 1.165) is 18.9 Å². The Morgan fingerprint density at radius 2 is 1.63 bits per heavy atom. The van der Waals surface area contributed by atoms with Gasteiger partial charge in [0.25, 0.3) is 0 Å². The van der Waals surface area contributed by atoms with E-state index in [1.165, 1.54) is 25.7 Å². The first-order chi connectivity index (χ1) is 8.59. The average molecular weight is 269 g/mol. The number of hydrogen-bond donors (Lipinski definition) is 2. The fourth-order valence-electron chi connectivity index (χ4n) is 3.48. The second-order valence-electron chi connectivity index (χ2n) is 8.69. The van der Waals surface area contributed by atoms with Gasteiger partial charge < -0.3 is 10.4 Å². The average Bonchev–Trinajstić information content (AvgIpc) is 2.23. The van der Waals surface area contributed by atoms with Gasteiger partial charge in [-0.3, -0.25) is 0 Å². The smallest absolute Gasteiger partial charge is 0.0669 e. The van der Waals surface area contributed by atoms with Gasteiger partial charge in [-0.15, -0.1) is 0 Å². The molecule has 2 heteroatoms. The summed E-state index contributed by atoms with van der Waals surface area (Å²) in [5, 5.41) is 13.8. The van der Waals surface area contributed by atoms with Gasteiger partial charge in [-0.1, -0.05) is 54.4 Å². The zero-order chi connectivity index (χ0) is 14.7. The number of nitrogens with one attached hydrogen (secondary N) is 1. The third kappa shape index (κ3) is 6.27. The quantitative estimate of drug-likeness (QED) is 0.809. The van der Waals surface area contributed by atoms with Crippen molar-refractivity contribution in [2.75, 3.05) is 6.54 Å². The molecule has 0 radical (unpaired) electrons. The third-order valence-electron chi connectivity index (χ3n) is 4.34. The molecular formula is C17H35NO. The Labute approximate surface area is 120 Å². The second kappa shape index (κ2) is 6.58. The van der Waals surface area contributed by atoms with E-state index in [4.69, 9.17) is 0 Å². The highest BCUT2D eigenvalue weighted by Crippen LogP contribution is 2.38. The van der Waals surface area contributed by atoms with E-state index in [0.29, 0.717) is 11.5 Å². The molecule has 3 unspecified atom stereocenters. The molecule has 1 aliphatic rings. The van der Waals surface area contributed by atoms with Crippen LogP contribution in [-0.4, -0.2) is 23.8 Å². The summed E-state index contributed by atoms with van der Waals surface area (Å²) in [5.41, 5.74) is 0.574. The lowest BCUT2D eigenvalue weighted by atomic mass is 9.69. The zero-order valence-electron chi connectivity index (χ0n) is 13.9. The minimum absolute atomic E-state index is 0.205. The molecule has 1 aliphatic carbocycles. The molecule has 0 bridgehead atoms. The Hall–Kier alpha value is -0.0800. The molecule has 0 spiro atoms. The van der Waals surface area contributed by atoms with E-state index in [2.05, 4.69) is 46.9 Å². The second-order valence-corrected chi connectivity index (χ2v) is 8.69. The van der Waals surface area contributed by atoms with Crippen molar-refractivity contribution >= 4 is 0 Å². The maximum atomic E-state index is 10.1. The summed E-state index contributed by atoms with van der Waals surface area (Å²) in [6, 6.07) is 0.586. The van der Waals surface area contributed by atoms with Crippen LogP contribution in [0.3, 0.4) is 0 Å². The fourth-order valence-corrected chi connectivity index (χ4v) is 3.48. The molecule has 0 aromatic carbocycles. The van der Waals surface area contributed by atoms with Crippen LogP contribution in [0.15, 0.2) is 0 Å². The van der Waals surface area contributed by atoms with E-state index in [-0.39, 0.29) is 11.5 Å². The summed E-state index contributed by atoms with van der Waals surface area (Å²) < 4.78 is 0. The largest absolute Gasteiger partial charge is 0.392 e. The molecule has 1 fully saturated rings. The molecule has 0 heterocycles. The monoisotopic (exact) mass is 269 g/mol. The minimum atomic E-state index is -0.220. The predicted molar refractivity (Wildman–Crippen MR) is 83.3 cm³/mol. The van der Waals surface area contributed by atoms with Crippen LogP contribution in [0.2, 0.25) is 0 Å². The van der Waals surface area contributed by atoms with Gasteiger partial charge in [-0.25, -0.2) is 0 Å². The fraction of sp³-hybridized carbons (Fsp3) is 1.00. The zero-order valence-corrected chi connectivity index (χ0v) is 13.9. The first-order valence-electron chi connectivity index (χ1n) is 8.01. The third-order valence-corrected chi connectivity index (χ3v) is 4.34. The lowest BCUT2D eigenvalue weighted by molar-refractivity contribution is 0.0896. The van der Waals surface area contributed by atoms with Crippen molar-refractivity contribution in [3.05, 3.63) is 0 Å². The number of hydrogen-bond acceptors (Lipinski definition) is 2. The van der Waals surface area contributed by atoms with Crippen LogP contribution in [0.5, 0.6) is 0 Å². The SMILES string of the molecule is CC(C)(C)CC(O)CNC1CCCCC1C(C)(C)C. The van der Waals surface area contributed by atoms with Crippen molar-refractivity contribution < 1.29 is 5.11 Å².